The highest BCUT2D eigenvalue weighted by molar-refractivity contribution is 7.99. The summed E-state index contributed by atoms with van der Waals surface area (Å²) in [6, 6.07) is 9.60. The minimum absolute atomic E-state index is 0.0375. The van der Waals surface area contributed by atoms with E-state index in [-0.39, 0.29) is 5.56 Å². The first-order valence-electron chi connectivity index (χ1n) is 7.72. The number of thioether (sulfide) groups is 1. The number of hydrogen-bond acceptors (Lipinski definition) is 3. The minimum Gasteiger partial charge on any atom is -0.399 e. The Morgan fingerprint density at radius 1 is 1.32 bits per heavy atom. The molecule has 22 heavy (non-hydrogen) atoms. The first-order chi connectivity index (χ1) is 10.5. The molecular weight excluding hydrogens is 292 g/mol. The van der Waals surface area contributed by atoms with Gasteiger partial charge in [0.25, 0.3) is 5.56 Å². The third kappa shape index (κ3) is 4.17. The SMILES string of the molecule is CCCC(C)Sc1ccn(Cc2cccc(N)c2C)c(=O)c1. The lowest BCUT2D eigenvalue weighted by atomic mass is 10.1. The van der Waals surface area contributed by atoms with Gasteiger partial charge < -0.3 is 10.3 Å². The molecule has 2 aromatic rings. The molecule has 0 aliphatic heterocycles. The molecule has 0 saturated heterocycles. The quantitative estimate of drug-likeness (QED) is 0.645. The van der Waals surface area contributed by atoms with Crippen molar-refractivity contribution in [3.8, 4) is 0 Å². The summed E-state index contributed by atoms with van der Waals surface area (Å²) >= 11 is 1.77. The molecule has 0 spiro atoms. The molecule has 0 saturated carbocycles. The molecule has 3 nitrogen and oxygen atoms in total. The van der Waals surface area contributed by atoms with Crippen LogP contribution >= 0.6 is 11.8 Å². The van der Waals surface area contributed by atoms with Crippen molar-refractivity contribution in [3.63, 3.8) is 0 Å². The summed E-state index contributed by atoms with van der Waals surface area (Å²) in [7, 11) is 0. The molecule has 2 N–H and O–H groups in total. The Morgan fingerprint density at radius 3 is 2.77 bits per heavy atom. The molecule has 1 heterocycles. The summed E-state index contributed by atoms with van der Waals surface area (Å²) < 4.78 is 1.73. The number of benzene rings is 1. The Hall–Kier alpha value is -1.68. The molecule has 0 aliphatic carbocycles. The van der Waals surface area contributed by atoms with Gasteiger partial charge in [-0.05, 0) is 36.6 Å². The second-order valence-electron chi connectivity index (χ2n) is 5.68. The van der Waals surface area contributed by atoms with E-state index in [4.69, 9.17) is 5.73 Å². The van der Waals surface area contributed by atoms with Gasteiger partial charge in [0.1, 0.15) is 0 Å². The van der Waals surface area contributed by atoms with Gasteiger partial charge in [-0.15, -0.1) is 11.8 Å². The van der Waals surface area contributed by atoms with Crippen LogP contribution in [0.1, 0.15) is 37.8 Å². The maximum atomic E-state index is 12.3. The number of rotatable bonds is 6. The maximum absolute atomic E-state index is 12.3. The van der Waals surface area contributed by atoms with Crippen molar-refractivity contribution in [2.24, 2.45) is 0 Å². The minimum atomic E-state index is 0.0375. The second kappa shape index (κ2) is 7.54. The van der Waals surface area contributed by atoms with Gasteiger partial charge >= 0.3 is 0 Å². The Kier molecular flexibility index (Phi) is 5.72. The van der Waals surface area contributed by atoms with E-state index in [1.807, 2.05) is 37.4 Å². The van der Waals surface area contributed by atoms with E-state index in [2.05, 4.69) is 13.8 Å². The summed E-state index contributed by atoms with van der Waals surface area (Å²) in [5, 5.41) is 0.538. The van der Waals surface area contributed by atoms with E-state index in [9.17, 15) is 4.79 Å². The molecule has 1 aromatic heterocycles. The van der Waals surface area contributed by atoms with Crippen LogP contribution in [-0.2, 0) is 6.54 Å². The predicted molar refractivity (Wildman–Crippen MR) is 95.6 cm³/mol. The largest absolute Gasteiger partial charge is 0.399 e. The second-order valence-corrected chi connectivity index (χ2v) is 7.19. The van der Waals surface area contributed by atoms with Gasteiger partial charge in [-0.2, -0.15) is 0 Å². The van der Waals surface area contributed by atoms with Crippen LogP contribution in [0.25, 0.3) is 0 Å². The maximum Gasteiger partial charge on any atom is 0.251 e. The fraction of sp³-hybridized carbons (Fsp3) is 0.389. The Morgan fingerprint density at radius 2 is 2.09 bits per heavy atom. The Balaban J connectivity index is 2.16. The van der Waals surface area contributed by atoms with Crippen LogP contribution in [0, 0.1) is 6.92 Å². The van der Waals surface area contributed by atoms with Crippen molar-refractivity contribution in [1.82, 2.24) is 4.57 Å². The van der Waals surface area contributed by atoms with Crippen molar-refractivity contribution in [3.05, 3.63) is 58.0 Å². The highest BCUT2D eigenvalue weighted by Gasteiger charge is 2.07. The number of hydrogen-bond donors (Lipinski definition) is 1. The zero-order valence-electron chi connectivity index (χ0n) is 13.5. The van der Waals surface area contributed by atoms with Crippen molar-refractivity contribution in [2.45, 2.75) is 50.3 Å². The van der Waals surface area contributed by atoms with Gasteiger partial charge in [0, 0.05) is 28.1 Å². The fourth-order valence-electron chi connectivity index (χ4n) is 2.45. The number of pyridine rings is 1. The molecular formula is C18H24N2OS. The van der Waals surface area contributed by atoms with E-state index in [0.717, 1.165) is 28.1 Å². The number of anilines is 1. The number of nitrogens with two attached hydrogens (primary N) is 1. The van der Waals surface area contributed by atoms with E-state index in [1.165, 1.54) is 6.42 Å². The summed E-state index contributed by atoms with van der Waals surface area (Å²) in [6.07, 6.45) is 4.21. The van der Waals surface area contributed by atoms with Crippen molar-refractivity contribution in [2.75, 3.05) is 5.73 Å². The summed E-state index contributed by atoms with van der Waals surface area (Å²) in [5.74, 6) is 0. The van der Waals surface area contributed by atoms with E-state index in [0.29, 0.717) is 11.8 Å². The average molecular weight is 316 g/mol. The van der Waals surface area contributed by atoms with Gasteiger partial charge in [-0.3, -0.25) is 4.79 Å². The molecule has 0 radical (unpaired) electrons. The number of nitrogen functional groups attached to an aromatic ring is 1. The van der Waals surface area contributed by atoms with Gasteiger partial charge in [-0.1, -0.05) is 32.4 Å². The topological polar surface area (TPSA) is 48.0 Å². The molecule has 0 aliphatic rings. The first kappa shape index (κ1) is 16.7. The van der Waals surface area contributed by atoms with Crippen LogP contribution in [0.5, 0.6) is 0 Å². The highest BCUT2D eigenvalue weighted by Crippen LogP contribution is 2.24. The molecule has 1 unspecified atom stereocenters. The van der Waals surface area contributed by atoms with Crippen LogP contribution in [-0.4, -0.2) is 9.82 Å². The number of nitrogens with zero attached hydrogens (tertiary/aromatic N) is 1. The smallest absolute Gasteiger partial charge is 0.251 e. The Labute approximate surface area is 136 Å². The van der Waals surface area contributed by atoms with Crippen LogP contribution in [0.4, 0.5) is 5.69 Å². The van der Waals surface area contributed by atoms with Crippen LogP contribution in [0.3, 0.4) is 0 Å². The lowest BCUT2D eigenvalue weighted by Gasteiger charge is -2.12. The van der Waals surface area contributed by atoms with Crippen molar-refractivity contribution >= 4 is 17.4 Å². The van der Waals surface area contributed by atoms with Gasteiger partial charge in [0.15, 0.2) is 0 Å². The van der Waals surface area contributed by atoms with Crippen molar-refractivity contribution < 1.29 is 0 Å². The molecule has 118 valence electrons. The highest BCUT2D eigenvalue weighted by atomic mass is 32.2. The lowest BCUT2D eigenvalue weighted by Crippen LogP contribution is -2.19. The molecule has 4 heteroatoms. The molecule has 0 amide bonds. The summed E-state index contributed by atoms with van der Waals surface area (Å²) in [5.41, 5.74) is 8.87. The van der Waals surface area contributed by atoms with E-state index >= 15 is 0 Å². The molecule has 0 fully saturated rings. The monoisotopic (exact) mass is 316 g/mol. The molecule has 2 rings (SSSR count). The van der Waals surface area contributed by atoms with Gasteiger partial charge in [-0.25, -0.2) is 0 Å². The summed E-state index contributed by atoms with van der Waals surface area (Å²) in [4.78, 5) is 13.3. The third-order valence-electron chi connectivity index (χ3n) is 3.83. The lowest BCUT2D eigenvalue weighted by molar-refractivity contribution is 0.748. The number of aromatic nitrogens is 1. The molecule has 0 bridgehead atoms. The first-order valence-corrected chi connectivity index (χ1v) is 8.60. The van der Waals surface area contributed by atoms with Crippen molar-refractivity contribution in [1.29, 1.82) is 0 Å². The predicted octanol–water partition coefficient (Wildman–Crippen LogP) is 4.07. The zero-order chi connectivity index (χ0) is 16.1. The average Bonchev–Trinajstić information content (AvgIpc) is 2.46. The molecule has 1 aromatic carbocycles. The van der Waals surface area contributed by atoms with E-state index < -0.39 is 0 Å². The standard InChI is InChI=1S/C18H24N2OS/c1-4-6-13(2)22-16-9-10-20(18(21)11-16)12-15-7-5-8-17(19)14(15)3/h5,7-11,13H,4,6,12,19H2,1-3H3. The van der Waals surface area contributed by atoms with Crippen LogP contribution < -0.4 is 11.3 Å². The fourth-order valence-corrected chi connectivity index (χ4v) is 3.58. The van der Waals surface area contributed by atoms with Crippen LogP contribution in [0.15, 0.2) is 46.2 Å². The summed E-state index contributed by atoms with van der Waals surface area (Å²) in [6.45, 7) is 6.94. The normalized spacial score (nSPS) is 12.3. The third-order valence-corrected chi connectivity index (χ3v) is 4.99. The molecule has 1 atom stereocenters. The van der Waals surface area contributed by atoms with E-state index in [1.54, 1.807) is 22.4 Å². The Bertz CT molecular complexity index is 694. The van der Waals surface area contributed by atoms with Gasteiger partial charge in [0.2, 0.25) is 0 Å². The zero-order valence-corrected chi connectivity index (χ0v) is 14.3. The van der Waals surface area contributed by atoms with Gasteiger partial charge in [0.05, 0.1) is 6.54 Å². The van der Waals surface area contributed by atoms with Crippen LogP contribution in [0.2, 0.25) is 0 Å².